The minimum absolute atomic E-state index is 0.0117. The van der Waals surface area contributed by atoms with E-state index < -0.39 is 0 Å². The molecule has 0 saturated carbocycles. The normalized spacial score (nSPS) is 23.3. The zero-order chi connectivity index (χ0) is 14.6. The topological polar surface area (TPSA) is 44.5 Å². The van der Waals surface area contributed by atoms with Crippen molar-refractivity contribution in [3.05, 3.63) is 29.8 Å². The summed E-state index contributed by atoms with van der Waals surface area (Å²) >= 11 is 0. The Morgan fingerprint density at radius 2 is 2.05 bits per heavy atom. The van der Waals surface area contributed by atoms with E-state index in [1.165, 1.54) is 5.56 Å². The lowest BCUT2D eigenvalue weighted by molar-refractivity contribution is -0.0771. The molecule has 3 heteroatoms. The van der Waals surface area contributed by atoms with Crippen molar-refractivity contribution in [3.63, 3.8) is 0 Å². The molecule has 2 N–H and O–H groups in total. The number of hydrogen-bond donors (Lipinski definition) is 1. The van der Waals surface area contributed by atoms with Gasteiger partial charge in [-0.25, -0.2) is 0 Å². The molecule has 1 aromatic rings. The molecule has 3 nitrogen and oxygen atoms in total. The van der Waals surface area contributed by atoms with Gasteiger partial charge in [-0.3, -0.25) is 0 Å². The molecule has 0 aliphatic carbocycles. The highest BCUT2D eigenvalue weighted by molar-refractivity contribution is 5.30. The van der Waals surface area contributed by atoms with Crippen molar-refractivity contribution in [2.75, 3.05) is 20.3 Å². The molecule has 2 rings (SSSR count). The van der Waals surface area contributed by atoms with E-state index in [1.54, 1.807) is 7.11 Å². The zero-order valence-electron chi connectivity index (χ0n) is 12.9. The zero-order valence-corrected chi connectivity index (χ0v) is 12.9. The highest BCUT2D eigenvalue weighted by Crippen LogP contribution is 2.40. The van der Waals surface area contributed by atoms with E-state index in [-0.39, 0.29) is 5.60 Å². The van der Waals surface area contributed by atoms with Crippen molar-refractivity contribution in [2.45, 2.75) is 44.6 Å². The Labute approximate surface area is 122 Å². The second-order valence-electron chi connectivity index (χ2n) is 6.32. The summed E-state index contributed by atoms with van der Waals surface area (Å²) in [4.78, 5) is 0. The van der Waals surface area contributed by atoms with Crippen LogP contribution in [0.2, 0.25) is 0 Å². The van der Waals surface area contributed by atoms with Crippen LogP contribution < -0.4 is 10.5 Å². The van der Waals surface area contributed by atoms with Crippen molar-refractivity contribution >= 4 is 0 Å². The first kappa shape index (κ1) is 15.3. The summed E-state index contributed by atoms with van der Waals surface area (Å²) in [6, 6.07) is 8.45. The Hall–Kier alpha value is -1.06. The highest BCUT2D eigenvalue weighted by atomic mass is 16.5. The number of ether oxygens (including phenoxy) is 2. The Morgan fingerprint density at radius 3 is 2.60 bits per heavy atom. The monoisotopic (exact) mass is 277 g/mol. The van der Waals surface area contributed by atoms with Crippen LogP contribution in [0, 0.1) is 5.92 Å². The number of nitrogens with two attached hydrogens (primary N) is 1. The number of methoxy groups -OCH3 is 1. The quantitative estimate of drug-likeness (QED) is 0.898. The van der Waals surface area contributed by atoms with Gasteiger partial charge < -0.3 is 15.2 Å². The van der Waals surface area contributed by atoms with Crippen LogP contribution in [0.3, 0.4) is 0 Å². The first-order chi connectivity index (χ1) is 9.55. The molecule has 0 spiro atoms. The summed E-state index contributed by atoms with van der Waals surface area (Å²) in [6.07, 6.45) is 3.26. The molecule has 0 aromatic heterocycles. The first-order valence-corrected chi connectivity index (χ1v) is 7.54. The second kappa shape index (κ2) is 6.59. The molecule has 0 amide bonds. The third-order valence-electron chi connectivity index (χ3n) is 4.33. The van der Waals surface area contributed by atoms with E-state index in [4.69, 9.17) is 15.2 Å². The summed E-state index contributed by atoms with van der Waals surface area (Å²) in [5.41, 5.74) is 7.20. The Morgan fingerprint density at radius 1 is 1.35 bits per heavy atom. The van der Waals surface area contributed by atoms with Crippen LogP contribution in [0.5, 0.6) is 5.75 Å². The van der Waals surface area contributed by atoms with Gasteiger partial charge in [0.25, 0.3) is 0 Å². The number of rotatable bonds is 5. The smallest absolute Gasteiger partial charge is 0.118 e. The van der Waals surface area contributed by atoms with E-state index in [2.05, 4.69) is 26.0 Å². The largest absolute Gasteiger partial charge is 0.497 e. The molecule has 1 heterocycles. The molecule has 0 radical (unpaired) electrons. The number of benzene rings is 1. The molecule has 112 valence electrons. The summed E-state index contributed by atoms with van der Waals surface area (Å²) in [6.45, 7) is 5.96. The molecule has 1 aliphatic heterocycles. The molecule has 2 unspecified atom stereocenters. The van der Waals surface area contributed by atoms with Crippen LogP contribution in [-0.2, 0) is 4.74 Å². The van der Waals surface area contributed by atoms with E-state index in [1.807, 2.05) is 12.1 Å². The van der Waals surface area contributed by atoms with Crippen molar-refractivity contribution < 1.29 is 9.47 Å². The van der Waals surface area contributed by atoms with Gasteiger partial charge in [-0.2, -0.15) is 0 Å². The highest BCUT2D eigenvalue weighted by Gasteiger charge is 2.33. The average Bonchev–Trinajstić information content (AvgIpc) is 2.44. The van der Waals surface area contributed by atoms with Crippen LogP contribution in [0.25, 0.3) is 0 Å². The number of hydrogen-bond acceptors (Lipinski definition) is 3. The van der Waals surface area contributed by atoms with Crippen molar-refractivity contribution in [3.8, 4) is 5.75 Å². The molecule has 2 atom stereocenters. The van der Waals surface area contributed by atoms with Gasteiger partial charge in [0.05, 0.1) is 12.7 Å². The molecule has 1 saturated heterocycles. The second-order valence-corrected chi connectivity index (χ2v) is 6.32. The molecular weight excluding hydrogens is 250 g/mol. The maximum absolute atomic E-state index is 5.84. The predicted octanol–water partition coefficient (Wildman–Crippen LogP) is 3.33. The molecule has 0 bridgehead atoms. The maximum atomic E-state index is 5.84. The fourth-order valence-electron chi connectivity index (χ4n) is 3.33. The third-order valence-corrected chi connectivity index (χ3v) is 4.33. The van der Waals surface area contributed by atoms with Gasteiger partial charge in [-0.15, -0.1) is 0 Å². The van der Waals surface area contributed by atoms with E-state index in [0.717, 1.165) is 38.2 Å². The summed E-state index contributed by atoms with van der Waals surface area (Å²) < 4.78 is 11.1. The van der Waals surface area contributed by atoms with Gasteiger partial charge >= 0.3 is 0 Å². The van der Waals surface area contributed by atoms with Crippen LogP contribution in [-0.4, -0.2) is 25.9 Å². The lowest BCUT2D eigenvalue weighted by Gasteiger charge is -2.39. The predicted molar refractivity (Wildman–Crippen MR) is 82.2 cm³/mol. The van der Waals surface area contributed by atoms with Gasteiger partial charge in [0.15, 0.2) is 0 Å². The molecular formula is C17H27NO2. The van der Waals surface area contributed by atoms with Gasteiger partial charge in [-0.05, 0) is 69.2 Å². The van der Waals surface area contributed by atoms with Crippen LogP contribution in [0.4, 0.5) is 0 Å². The van der Waals surface area contributed by atoms with Gasteiger partial charge in [0.2, 0.25) is 0 Å². The minimum Gasteiger partial charge on any atom is -0.497 e. The molecule has 1 aliphatic rings. The SMILES string of the molecule is COc1ccc(C(CCN)C2CCOC(C)(C)C2)cc1. The Balaban J connectivity index is 2.16. The fourth-order valence-corrected chi connectivity index (χ4v) is 3.33. The summed E-state index contributed by atoms with van der Waals surface area (Å²) in [5.74, 6) is 2.08. The van der Waals surface area contributed by atoms with Crippen molar-refractivity contribution in [1.82, 2.24) is 0 Å². The van der Waals surface area contributed by atoms with Gasteiger partial charge in [0.1, 0.15) is 5.75 Å². The molecule has 1 fully saturated rings. The van der Waals surface area contributed by atoms with Gasteiger partial charge in [0, 0.05) is 6.61 Å². The Kier molecular flexibility index (Phi) is 5.06. The van der Waals surface area contributed by atoms with E-state index in [0.29, 0.717) is 11.8 Å². The van der Waals surface area contributed by atoms with Crippen molar-refractivity contribution in [1.29, 1.82) is 0 Å². The Bertz CT molecular complexity index is 414. The minimum atomic E-state index is -0.0117. The van der Waals surface area contributed by atoms with E-state index >= 15 is 0 Å². The van der Waals surface area contributed by atoms with Crippen LogP contribution in [0.15, 0.2) is 24.3 Å². The van der Waals surface area contributed by atoms with Crippen molar-refractivity contribution in [2.24, 2.45) is 11.7 Å². The van der Waals surface area contributed by atoms with Crippen LogP contribution >= 0.6 is 0 Å². The maximum Gasteiger partial charge on any atom is 0.118 e. The fraction of sp³-hybridized carbons (Fsp3) is 0.647. The molecule has 20 heavy (non-hydrogen) atoms. The van der Waals surface area contributed by atoms with Crippen LogP contribution in [0.1, 0.15) is 44.6 Å². The lowest BCUT2D eigenvalue weighted by atomic mass is 9.75. The standard InChI is InChI=1S/C17H27NO2/c1-17(2)12-14(9-11-20-17)16(8-10-18)13-4-6-15(19-3)7-5-13/h4-7,14,16H,8-12,18H2,1-3H3. The summed E-state index contributed by atoms with van der Waals surface area (Å²) in [5, 5.41) is 0. The summed E-state index contributed by atoms with van der Waals surface area (Å²) in [7, 11) is 1.70. The van der Waals surface area contributed by atoms with Gasteiger partial charge in [-0.1, -0.05) is 12.1 Å². The average molecular weight is 277 g/mol. The lowest BCUT2D eigenvalue weighted by Crippen LogP contribution is -2.36. The van der Waals surface area contributed by atoms with E-state index in [9.17, 15) is 0 Å². The first-order valence-electron chi connectivity index (χ1n) is 7.54. The molecule has 1 aromatic carbocycles. The third kappa shape index (κ3) is 3.74.